The number of aryl methyl sites for hydroxylation is 1. The highest BCUT2D eigenvalue weighted by Gasteiger charge is 2.23. The van der Waals surface area contributed by atoms with Crippen molar-refractivity contribution < 1.29 is 8.42 Å². The van der Waals surface area contributed by atoms with E-state index < -0.39 is 10.0 Å². The molecule has 1 aromatic heterocycles. The Bertz CT molecular complexity index is 787. The number of nitrogens with two attached hydrogens (primary N) is 1. The Labute approximate surface area is 120 Å². The third-order valence-electron chi connectivity index (χ3n) is 2.51. The van der Waals surface area contributed by atoms with Crippen molar-refractivity contribution in [3.63, 3.8) is 0 Å². The molecular weight excluding hydrogens is 302 g/mol. The van der Waals surface area contributed by atoms with Crippen LogP contribution in [0.4, 0.5) is 11.5 Å². The standard InChI is InChI=1S/C11H10ClN5O2S/c1-17-6-15-10(14)11(17)20(18,19)16-9-3-2-7(5-13)4-8(9)12/h2-4,6,16H,14H2,1H3. The van der Waals surface area contributed by atoms with Gasteiger partial charge in [0.05, 0.1) is 28.7 Å². The number of aromatic nitrogens is 2. The van der Waals surface area contributed by atoms with E-state index in [1.165, 1.54) is 36.1 Å². The van der Waals surface area contributed by atoms with Gasteiger partial charge in [-0.1, -0.05) is 11.6 Å². The number of halogens is 1. The van der Waals surface area contributed by atoms with Crippen molar-refractivity contribution in [1.29, 1.82) is 5.26 Å². The van der Waals surface area contributed by atoms with E-state index in [-0.39, 0.29) is 21.6 Å². The first kappa shape index (κ1) is 14.2. The average Bonchev–Trinajstić information content (AvgIpc) is 2.72. The van der Waals surface area contributed by atoms with Crippen molar-refractivity contribution >= 4 is 33.1 Å². The van der Waals surface area contributed by atoms with Gasteiger partial charge in [-0.25, -0.2) is 4.98 Å². The predicted molar refractivity (Wildman–Crippen MR) is 74.6 cm³/mol. The van der Waals surface area contributed by atoms with Crippen LogP contribution in [-0.4, -0.2) is 18.0 Å². The predicted octanol–water partition coefficient (Wildman–Crippen LogP) is 1.33. The average molecular weight is 312 g/mol. The first-order valence-corrected chi connectivity index (χ1v) is 7.20. The van der Waals surface area contributed by atoms with Gasteiger partial charge in [0, 0.05) is 7.05 Å². The zero-order valence-electron chi connectivity index (χ0n) is 10.3. The van der Waals surface area contributed by atoms with Crippen molar-refractivity contribution in [3.05, 3.63) is 35.1 Å². The van der Waals surface area contributed by atoms with E-state index in [1.54, 1.807) is 0 Å². The number of anilines is 2. The third kappa shape index (κ3) is 2.54. The fourth-order valence-electron chi connectivity index (χ4n) is 1.62. The van der Waals surface area contributed by atoms with Gasteiger partial charge in [0.15, 0.2) is 10.8 Å². The van der Waals surface area contributed by atoms with Crippen LogP contribution < -0.4 is 10.5 Å². The molecular formula is C11H10ClN5O2S. The number of benzene rings is 1. The topological polar surface area (TPSA) is 114 Å². The van der Waals surface area contributed by atoms with Crippen molar-refractivity contribution in [2.75, 3.05) is 10.5 Å². The van der Waals surface area contributed by atoms with E-state index in [0.29, 0.717) is 5.56 Å². The van der Waals surface area contributed by atoms with Crippen LogP contribution in [0.1, 0.15) is 5.56 Å². The minimum atomic E-state index is -3.92. The zero-order valence-corrected chi connectivity index (χ0v) is 11.9. The molecule has 3 N–H and O–H groups in total. The molecule has 0 atom stereocenters. The number of nitrogens with zero attached hydrogens (tertiary/aromatic N) is 3. The maximum atomic E-state index is 12.2. The monoisotopic (exact) mass is 311 g/mol. The molecule has 0 aliphatic carbocycles. The molecule has 0 radical (unpaired) electrons. The maximum absolute atomic E-state index is 12.2. The Balaban J connectivity index is 2.42. The smallest absolute Gasteiger partial charge is 0.281 e. The summed E-state index contributed by atoms with van der Waals surface area (Å²) >= 11 is 5.92. The van der Waals surface area contributed by atoms with Crippen LogP contribution in [0.2, 0.25) is 5.02 Å². The van der Waals surface area contributed by atoms with E-state index in [2.05, 4.69) is 9.71 Å². The van der Waals surface area contributed by atoms with E-state index in [1.807, 2.05) is 6.07 Å². The van der Waals surface area contributed by atoms with E-state index in [0.717, 1.165) is 0 Å². The highest BCUT2D eigenvalue weighted by Crippen LogP contribution is 2.26. The van der Waals surface area contributed by atoms with Crippen LogP contribution in [0, 0.1) is 11.3 Å². The highest BCUT2D eigenvalue weighted by molar-refractivity contribution is 7.92. The molecule has 9 heteroatoms. The van der Waals surface area contributed by atoms with Crippen molar-refractivity contribution in [1.82, 2.24) is 9.55 Å². The van der Waals surface area contributed by atoms with Crippen LogP contribution >= 0.6 is 11.6 Å². The van der Waals surface area contributed by atoms with Crippen molar-refractivity contribution in [2.24, 2.45) is 7.05 Å². The molecule has 0 bridgehead atoms. The molecule has 0 unspecified atom stereocenters. The highest BCUT2D eigenvalue weighted by atomic mass is 35.5. The third-order valence-corrected chi connectivity index (χ3v) is 4.31. The number of rotatable bonds is 3. The summed E-state index contributed by atoms with van der Waals surface area (Å²) in [4.78, 5) is 3.72. The van der Waals surface area contributed by atoms with Crippen LogP contribution in [0.15, 0.2) is 29.6 Å². The second-order valence-corrected chi connectivity index (χ2v) is 5.96. The van der Waals surface area contributed by atoms with E-state index in [9.17, 15) is 8.42 Å². The first-order valence-electron chi connectivity index (χ1n) is 5.34. The largest absolute Gasteiger partial charge is 0.381 e. The minimum absolute atomic E-state index is 0.107. The minimum Gasteiger partial charge on any atom is -0.381 e. The van der Waals surface area contributed by atoms with Gasteiger partial charge in [-0.3, -0.25) is 4.72 Å². The van der Waals surface area contributed by atoms with Crippen LogP contribution in [0.25, 0.3) is 0 Å². The lowest BCUT2D eigenvalue weighted by atomic mass is 10.2. The quantitative estimate of drug-likeness (QED) is 0.887. The number of nitriles is 1. The summed E-state index contributed by atoms with van der Waals surface area (Å²) in [5.74, 6) is -0.107. The summed E-state index contributed by atoms with van der Waals surface area (Å²) in [6.07, 6.45) is 1.30. The van der Waals surface area contributed by atoms with Crippen LogP contribution in [0.5, 0.6) is 0 Å². The molecule has 7 nitrogen and oxygen atoms in total. The van der Waals surface area contributed by atoms with Gasteiger partial charge in [-0.15, -0.1) is 0 Å². The van der Waals surface area contributed by atoms with E-state index in [4.69, 9.17) is 22.6 Å². The Morgan fingerprint density at radius 3 is 2.70 bits per heavy atom. The molecule has 0 aliphatic heterocycles. The van der Waals surface area contributed by atoms with Crippen LogP contribution in [-0.2, 0) is 17.1 Å². The Hall–Kier alpha value is -2.24. The number of hydrogen-bond donors (Lipinski definition) is 2. The molecule has 1 aromatic carbocycles. The molecule has 0 aliphatic rings. The van der Waals surface area contributed by atoms with Gasteiger partial charge >= 0.3 is 0 Å². The lowest BCUT2D eigenvalue weighted by molar-refractivity contribution is 0.592. The van der Waals surface area contributed by atoms with Gasteiger partial charge in [0.25, 0.3) is 10.0 Å². The van der Waals surface area contributed by atoms with Crippen molar-refractivity contribution in [2.45, 2.75) is 5.03 Å². The molecule has 104 valence electrons. The molecule has 1 heterocycles. The molecule has 2 rings (SSSR count). The Morgan fingerprint density at radius 2 is 2.20 bits per heavy atom. The molecule has 0 amide bonds. The summed E-state index contributed by atoms with van der Waals surface area (Å²) in [5, 5.41) is 8.70. The summed E-state index contributed by atoms with van der Waals surface area (Å²) < 4.78 is 28.1. The lowest BCUT2D eigenvalue weighted by Gasteiger charge is -2.10. The number of sulfonamides is 1. The second-order valence-electron chi connectivity index (χ2n) is 3.96. The van der Waals surface area contributed by atoms with Crippen molar-refractivity contribution in [3.8, 4) is 6.07 Å². The fraction of sp³-hybridized carbons (Fsp3) is 0.0909. The van der Waals surface area contributed by atoms with Gasteiger partial charge < -0.3 is 10.3 Å². The molecule has 2 aromatic rings. The van der Waals surface area contributed by atoms with Gasteiger partial charge in [0.2, 0.25) is 0 Å². The zero-order chi connectivity index (χ0) is 14.9. The summed E-state index contributed by atoms with van der Waals surface area (Å²) in [6.45, 7) is 0. The number of hydrogen-bond acceptors (Lipinski definition) is 5. The molecule has 0 saturated carbocycles. The number of nitrogens with one attached hydrogen (secondary N) is 1. The number of imidazole rings is 1. The summed E-state index contributed by atoms with van der Waals surface area (Å²) in [7, 11) is -2.40. The van der Waals surface area contributed by atoms with E-state index >= 15 is 0 Å². The van der Waals surface area contributed by atoms with Gasteiger partial charge in [0.1, 0.15) is 0 Å². The SMILES string of the molecule is Cn1cnc(N)c1S(=O)(=O)Nc1ccc(C#N)cc1Cl. The summed E-state index contributed by atoms with van der Waals surface area (Å²) in [5.41, 5.74) is 6.03. The molecule has 0 fully saturated rings. The lowest BCUT2D eigenvalue weighted by Crippen LogP contribution is -2.17. The first-order chi connectivity index (χ1) is 9.35. The fourth-order valence-corrected chi connectivity index (χ4v) is 3.23. The van der Waals surface area contributed by atoms with Crippen LogP contribution in [0.3, 0.4) is 0 Å². The summed E-state index contributed by atoms with van der Waals surface area (Å²) in [6, 6.07) is 6.14. The number of nitrogen functional groups attached to an aromatic ring is 1. The Kier molecular flexibility index (Phi) is 3.57. The van der Waals surface area contributed by atoms with Gasteiger partial charge in [-0.2, -0.15) is 13.7 Å². The van der Waals surface area contributed by atoms with Gasteiger partial charge in [-0.05, 0) is 18.2 Å². The molecule has 0 saturated heterocycles. The normalized spacial score (nSPS) is 11.1. The Morgan fingerprint density at radius 1 is 1.50 bits per heavy atom. The molecule has 0 spiro atoms. The second kappa shape index (κ2) is 5.03. The maximum Gasteiger partial charge on any atom is 0.281 e. The molecule has 20 heavy (non-hydrogen) atoms.